The van der Waals surface area contributed by atoms with Crippen LogP contribution in [0.4, 0.5) is 0 Å². The Kier molecular flexibility index (Phi) is 8.47. The summed E-state index contributed by atoms with van der Waals surface area (Å²) in [5.41, 5.74) is 0.920. The Balaban J connectivity index is 0.00000220. The largest absolute Gasteiger partial charge is 0.460 e. The fourth-order valence-corrected chi connectivity index (χ4v) is 2.26. The monoisotopic (exact) mass is 329 g/mol. The third-order valence-electron chi connectivity index (χ3n) is 3.11. The highest BCUT2D eigenvalue weighted by Gasteiger charge is 2.07. The molecule has 0 atom stereocenters. The van der Waals surface area contributed by atoms with E-state index in [2.05, 4.69) is 5.32 Å². The van der Waals surface area contributed by atoms with Gasteiger partial charge in [0.15, 0.2) is 0 Å². The molecule has 0 fully saturated rings. The zero-order valence-electron chi connectivity index (χ0n) is 11.8. The molecule has 2 rings (SSSR count). The Morgan fingerprint density at radius 1 is 1.05 bits per heavy atom. The fourth-order valence-electron chi connectivity index (χ4n) is 2.03. The van der Waals surface area contributed by atoms with Gasteiger partial charge in [-0.2, -0.15) is 0 Å². The van der Waals surface area contributed by atoms with Crippen molar-refractivity contribution < 1.29 is 9.52 Å². The molecule has 0 saturated carbocycles. The van der Waals surface area contributed by atoms with E-state index in [9.17, 15) is 0 Å². The molecule has 0 aliphatic carbocycles. The molecular weight excluding hydrogens is 309 g/mol. The standard InChI is InChI=1S/C16H20ClNO2.ClH/c17-15-7-3-2-6-14(15)16-9-8-13(20-16)12-18-10-4-1-5-11-19;/h2-3,6-9,18-19H,1,4-5,10-12H2;1H. The highest BCUT2D eigenvalue weighted by atomic mass is 35.5. The van der Waals surface area contributed by atoms with Crippen LogP contribution in [0, 0.1) is 0 Å². The summed E-state index contributed by atoms with van der Waals surface area (Å²) in [7, 11) is 0. The van der Waals surface area contributed by atoms with Gasteiger partial charge in [0.2, 0.25) is 0 Å². The van der Waals surface area contributed by atoms with E-state index in [4.69, 9.17) is 21.1 Å². The van der Waals surface area contributed by atoms with Gasteiger partial charge < -0.3 is 14.8 Å². The molecule has 0 spiro atoms. The molecule has 2 aromatic rings. The van der Waals surface area contributed by atoms with Crippen LogP contribution in [0.25, 0.3) is 11.3 Å². The van der Waals surface area contributed by atoms with Crippen LogP contribution in [0.1, 0.15) is 25.0 Å². The Morgan fingerprint density at radius 3 is 2.62 bits per heavy atom. The number of rotatable bonds is 8. The van der Waals surface area contributed by atoms with E-state index in [1.54, 1.807) is 0 Å². The summed E-state index contributed by atoms with van der Waals surface area (Å²) in [6.45, 7) is 1.92. The van der Waals surface area contributed by atoms with Crippen LogP contribution in [0.15, 0.2) is 40.8 Å². The van der Waals surface area contributed by atoms with Gasteiger partial charge in [0.05, 0.1) is 11.6 Å². The van der Waals surface area contributed by atoms with E-state index < -0.39 is 0 Å². The summed E-state index contributed by atoms with van der Waals surface area (Å²) in [6.07, 6.45) is 2.99. The van der Waals surface area contributed by atoms with Crippen molar-refractivity contribution in [3.05, 3.63) is 47.2 Å². The molecule has 21 heavy (non-hydrogen) atoms. The van der Waals surface area contributed by atoms with Gasteiger partial charge in [-0.05, 0) is 50.1 Å². The number of halogens is 2. The van der Waals surface area contributed by atoms with Crippen molar-refractivity contribution in [1.82, 2.24) is 5.32 Å². The number of hydrogen-bond donors (Lipinski definition) is 2. The molecule has 5 heteroatoms. The third-order valence-corrected chi connectivity index (χ3v) is 3.44. The van der Waals surface area contributed by atoms with Gasteiger partial charge in [-0.15, -0.1) is 12.4 Å². The SMILES string of the molecule is Cl.OCCCCCNCc1ccc(-c2ccccc2Cl)o1. The molecule has 0 radical (unpaired) electrons. The molecule has 0 amide bonds. The fraction of sp³-hybridized carbons (Fsp3) is 0.375. The highest BCUT2D eigenvalue weighted by Crippen LogP contribution is 2.28. The summed E-state index contributed by atoms with van der Waals surface area (Å²) in [4.78, 5) is 0. The number of aliphatic hydroxyl groups excluding tert-OH is 1. The van der Waals surface area contributed by atoms with Gasteiger partial charge in [0.1, 0.15) is 11.5 Å². The van der Waals surface area contributed by atoms with Crippen molar-refractivity contribution in [2.24, 2.45) is 0 Å². The minimum atomic E-state index is 0. The predicted molar refractivity (Wildman–Crippen MR) is 89.0 cm³/mol. The van der Waals surface area contributed by atoms with Gasteiger partial charge in [0.25, 0.3) is 0 Å². The second kappa shape index (κ2) is 9.85. The maximum atomic E-state index is 8.69. The molecule has 2 N–H and O–H groups in total. The molecular formula is C16H21Cl2NO2. The second-order valence-corrected chi connectivity index (χ2v) is 5.11. The van der Waals surface area contributed by atoms with Gasteiger partial charge in [-0.1, -0.05) is 23.7 Å². The number of furan rings is 1. The first-order valence-corrected chi connectivity index (χ1v) is 7.34. The quantitative estimate of drug-likeness (QED) is 0.711. The van der Waals surface area contributed by atoms with E-state index in [0.29, 0.717) is 11.6 Å². The topological polar surface area (TPSA) is 45.4 Å². The van der Waals surface area contributed by atoms with Crippen molar-refractivity contribution in [2.45, 2.75) is 25.8 Å². The summed E-state index contributed by atoms with van der Waals surface area (Å²) in [5.74, 6) is 1.70. The third kappa shape index (κ3) is 5.71. The average Bonchev–Trinajstić information content (AvgIpc) is 2.92. The minimum absolute atomic E-state index is 0. The van der Waals surface area contributed by atoms with E-state index in [1.165, 1.54) is 0 Å². The molecule has 0 bridgehead atoms. The van der Waals surface area contributed by atoms with Gasteiger partial charge in [-0.25, -0.2) is 0 Å². The number of benzene rings is 1. The molecule has 1 aromatic carbocycles. The molecule has 0 aliphatic heterocycles. The summed E-state index contributed by atoms with van der Waals surface area (Å²) in [6, 6.07) is 11.6. The molecule has 116 valence electrons. The lowest BCUT2D eigenvalue weighted by molar-refractivity contribution is 0.282. The van der Waals surface area contributed by atoms with Crippen LogP contribution in [-0.2, 0) is 6.54 Å². The molecule has 1 aromatic heterocycles. The van der Waals surface area contributed by atoms with Crippen molar-refractivity contribution in [2.75, 3.05) is 13.2 Å². The maximum absolute atomic E-state index is 8.69. The highest BCUT2D eigenvalue weighted by molar-refractivity contribution is 6.33. The van der Waals surface area contributed by atoms with Crippen molar-refractivity contribution in [3.8, 4) is 11.3 Å². The van der Waals surface area contributed by atoms with Crippen LogP contribution < -0.4 is 5.32 Å². The Morgan fingerprint density at radius 2 is 1.86 bits per heavy atom. The number of aliphatic hydroxyl groups is 1. The van der Waals surface area contributed by atoms with Gasteiger partial charge in [0, 0.05) is 12.2 Å². The lowest BCUT2D eigenvalue weighted by Crippen LogP contribution is -2.14. The van der Waals surface area contributed by atoms with Crippen molar-refractivity contribution in [1.29, 1.82) is 0 Å². The smallest absolute Gasteiger partial charge is 0.135 e. The van der Waals surface area contributed by atoms with Gasteiger partial charge in [-0.3, -0.25) is 0 Å². The lowest BCUT2D eigenvalue weighted by Gasteiger charge is -2.03. The van der Waals surface area contributed by atoms with Crippen LogP contribution in [0.5, 0.6) is 0 Å². The molecule has 0 saturated heterocycles. The Bertz CT molecular complexity index is 529. The molecule has 0 unspecified atom stereocenters. The lowest BCUT2D eigenvalue weighted by atomic mass is 10.2. The van der Waals surface area contributed by atoms with Crippen molar-refractivity contribution in [3.63, 3.8) is 0 Å². The minimum Gasteiger partial charge on any atom is -0.460 e. The molecule has 3 nitrogen and oxygen atoms in total. The van der Waals surface area contributed by atoms with E-state index in [-0.39, 0.29) is 19.0 Å². The van der Waals surface area contributed by atoms with Crippen molar-refractivity contribution >= 4 is 24.0 Å². The molecule has 1 heterocycles. The van der Waals surface area contributed by atoms with Gasteiger partial charge >= 0.3 is 0 Å². The zero-order chi connectivity index (χ0) is 14.2. The van der Waals surface area contributed by atoms with Crippen LogP contribution in [-0.4, -0.2) is 18.3 Å². The van der Waals surface area contributed by atoms with E-state index in [1.807, 2.05) is 36.4 Å². The zero-order valence-corrected chi connectivity index (χ0v) is 13.4. The first kappa shape index (κ1) is 18.1. The van der Waals surface area contributed by atoms with Crippen LogP contribution in [0.3, 0.4) is 0 Å². The first-order valence-electron chi connectivity index (χ1n) is 6.96. The summed E-state index contributed by atoms with van der Waals surface area (Å²) < 4.78 is 5.79. The Hall–Kier alpha value is -1.00. The number of nitrogens with one attached hydrogen (secondary N) is 1. The summed E-state index contributed by atoms with van der Waals surface area (Å²) in [5, 5.41) is 12.7. The maximum Gasteiger partial charge on any atom is 0.135 e. The average molecular weight is 330 g/mol. The predicted octanol–water partition coefficient (Wildman–Crippen LogP) is 4.27. The van der Waals surface area contributed by atoms with E-state index >= 15 is 0 Å². The second-order valence-electron chi connectivity index (χ2n) is 4.71. The Labute approximate surface area is 136 Å². The number of unbranched alkanes of at least 4 members (excludes halogenated alkanes) is 2. The summed E-state index contributed by atoms with van der Waals surface area (Å²) >= 11 is 6.15. The normalized spacial score (nSPS) is 10.4. The molecule has 0 aliphatic rings. The first-order chi connectivity index (χ1) is 9.81. The number of hydrogen-bond acceptors (Lipinski definition) is 3. The van der Waals surface area contributed by atoms with Crippen LogP contribution >= 0.6 is 24.0 Å². The van der Waals surface area contributed by atoms with Crippen LogP contribution in [0.2, 0.25) is 5.02 Å². The van der Waals surface area contributed by atoms with E-state index in [0.717, 1.165) is 42.9 Å².